The Morgan fingerprint density at radius 1 is 1.41 bits per heavy atom. The van der Waals surface area contributed by atoms with Crippen LogP contribution in [-0.4, -0.2) is 40.6 Å². The summed E-state index contributed by atoms with van der Waals surface area (Å²) < 4.78 is 0. The van der Waals surface area contributed by atoms with Crippen molar-refractivity contribution < 1.29 is 4.79 Å². The quantitative estimate of drug-likeness (QED) is 0.883. The third-order valence-corrected chi connectivity index (χ3v) is 4.04. The van der Waals surface area contributed by atoms with E-state index in [1.54, 1.807) is 6.07 Å². The summed E-state index contributed by atoms with van der Waals surface area (Å²) in [7, 11) is 0. The van der Waals surface area contributed by atoms with Gasteiger partial charge in [0.1, 0.15) is 5.69 Å². The molecule has 1 fully saturated rings. The first-order valence-corrected chi connectivity index (χ1v) is 7.33. The zero-order valence-electron chi connectivity index (χ0n) is 12.2. The van der Waals surface area contributed by atoms with Crippen LogP contribution in [0.1, 0.15) is 27.8 Å². The number of aromatic nitrogens is 2. The molecule has 0 spiro atoms. The molecule has 3 rings (SSSR count). The van der Waals surface area contributed by atoms with Crippen molar-refractivity contribution in [2.45, 2.75) is 13.0 Å². The summed E-state index contributed by atoms with van der Waals surface area (Å²) in [4.78, 5) is 14.5. The number of hydrogen-bond acceptors (Lipinski definition) is 3. The Kier molecular flexibility index (Phi) is 5.45. The Balaban J connectivity index is 0.00000176. The average molecular weight is 341 g/mol. The van der Waals surface area contributed by atoms with Gasteiger partial charge < -0.3 is 10.2 Å². The molecule has 2 N–H and O–H groups in total. The third-order valence-electron chi connectivity index (χ3n) is 3.69. The van der Waals surface area contributed by atoms with E-state index < -0.39 is 0 Å². The molecule has 2 aromatic rings. The number of nitrogens with one attached hydrogen (secondary N) is 2. The minimum Gasteiger partial charge on any atom is -0.328 e. The monoisotopic (exact) mass is 340 g/mol. The first kappa shape index (κ1) is 16.8. The van der Waals surface area contributed by atoms with Gasteiger partial charge in [0.2, 0.25) is 0 Å². The summed E-state index contributed by atoms with van der Waals surface area (Å²) in [5.74, 6) is -0.0641. The molecule has 2 heterocycles. The number of carbonyl (C=O) groups is 1. The highest BCUT2D eigenvalue weighted by molar-refractivity contribution is 6.31. The lowest BCUT2D eigenvalue weighted by molar-refractivity contribution is 0.0628. The number of halogens is 2. The highest BCUT2D eigenvalue weighted by Crippen LogP contribution is 2.29. The highest BCUT2D eigenvalue weighted by Gasteiger charge is 2.30. The number of aryl methyl sites for hydroxylation is 1. The molecular formula is C15H18Cl2N4O. The molecule has 118 valence electrons. The first-order chi connectivity index (χ1) is 10.2. The standard InChI is InChI=1S/C15H17ClN4O.ClH/c1-10-8-13(19-18-10)15(21)20-7-6-17-9-14(20)11-4-2-3-5-12(11)16;/h2-5,8,14,17H,6-7,9H2,1H3,(H,18,19);1H. The molecule has 0 bridgehead atoms. The number of H-pyrrole nitrogens is 1. The summed E-state index contributed by atoms with van der Waals surface area (Å²) in [6.07, 6.45) is 0. The number of amides is 1. The Morgan fingerprint density at radius 3 is 2.86 bits per heavy atom. The first-order valence-electron chi connectivity index (χ1n) is 6.95. The maximum Gasteiger partial charge on any atom is 0.274 e. The van der Waals surface area contributed by atoms with Crippen LogP contribution in [0.25, 0.3) is 0 Å². The summed E-state index contributed by atoms with van der Waals surface area (Å²) in [6, 6.07) is 9.36. The number of hydrogen-bond donors (Lipinski definition) is 2. The minimum atomic E-state index is -0.0723. The van der Waals surface area contributed by atoms with Crippen molar-refractivity contribution in [2.24, 2.45) is 0 Å². The summed E-state index contributed by atoms with van der Waals surface area (Å²) in [5, 5.41) is 10.9. The maximum atomic E-state index is 12.7. The lowest BCUT2D eigenvalue weighted by Crippen LogP contribution is -2.48. The molecule has 1 aliphatic rings. The third kappa shape index (κ3) is 3.27. The normalized spacial score (nSPS) is 17.9. The summed E-state index contributed by atoms with van der Waals surface area (Å²) >= 11 is 6.29. The smallest absolute Gasteiger partial charge is 0.274 e. The van der Waals surface area contributed by atoms with Gasteiger partial charge in [-0.1, -0.05) is 29.8 Å². The van der Waals surface area contributed by atoms with Crippen LogP contribution in [-0.2, 0) is 0 Å². The minimum absolute atomic E-state index is 0. The van der Waals surface area contributed by atoms with Gasteiger partial charge in [0.15, 0.2) is 0 Å². The van der Waals surface area contributed by atoms with Gasteiger partial charge in [0.05, 0.1) is 6.04 Å². The molecule has 22 heavy (non-hydrogen) atoms. The van der Waals surface area contributed by atoms with E-state index in [-0.39, 0.29) is 24.4 Å². The molecule has 1 saturated heterocycles. The molecule has 7 heteroatoms. The molecule has 1 aliphatic heterocycles. The number of rotatable bonds is 2. The van der Waals surface area contributed by atoms with Crippen molar-refractivity contribution in [3.63, 3.8) is 0 Å². The molecule has 1 amide bonds. The van der Waals surface area contributed by atoms with Crippen molar-refractivity contribution in [2.75, 3.05) is 19.6 Å². The predicted octanol–water partition coefficient (Wildman–Crippen LogP) is 2.58. The van der Waals surface area contributed by atoms with Crippen molar-refractivity contribution >= 4 is 29.9 Å². The van der Waals surface area contributed by atoms with Gasteiger partial charge in [-0.05, 0) is 24.6 Å². The Hall–Kier alpha value is -1.56. The largest absolute Gasteiger partial charge is 0.328 e. The van der Waals surface area contributed by atoms with Crippen LogP contribution in [0.5, 0.6) is 0 Å². The lowest BCUT2D eigenvalue weighted by Gasteiger charge is -2.36. The van der Waals surface area contributed by atoms with Crippen LogP contribution in [0, 0.1) is 6.92 Å². The Labute approximate surface area is 140 Å². The predicted molar refractivity (Wildman–Crippen MR) is 88.7 cm³/mol. The highest BCUT2D eigenvalue weighted by atomic mass is 35.5. The second-order valence-corrected chi connectivity index (χ2v) is 5.58. The van der Waals surface area contributed by atoms with Crippen LogP contribution >= 0.6 is 24.0 Å². The van der Waals surface area contributed by atoms with Gasteiger partial charge in [-0.2, -0.15) is 5.10 Å². The van der Waals surface area contributed by atoms with E-state index in [4.69, 9.17) is 11.6 Å². The van der Waals surface area contributed by atoms with Crippen LogP contribution in [0.2, 0.25) is 5.02 Å². The molecule has 0 aliphatic carbocycles. The van der Waals surface area contributed by atoms with E-state index in [1.165, 1.54) is 0 Å². The Bertz CT molecular complexity index is 658. The van der Waals surface area contributed by atoms with Gasteiger partial charge in [-0.25, -0.2) is 0 Å². The molecular weight excluding hydrogens is 323 g/mol. The zero-order chi connectivity index (χ0) is 14.8. The Morgan fingerprint density at radius 2 is 2.18 bits per heavy atom. The fourth-order valence-electron chi connectivity index (χ4n) is 2.65. The van der Waals surface area contributed by atoms with Crippen molar-refractivity contribution in [1.82, 2.24) is 20.4 Å². The average Bonchev–Trinajstić information content (AvgIpc) is 2.94. The summed E-state index contributed by atoms with van der Waals surface area (Å²) in [5.41, 5.74) is 2.29. The van der Waals surface area contributed by atoms with Crippen LogP contribution < -0.4 is 5.32 Å². The van der Waals surface area contributed by atoms with E-state index in [9.17, 15) is 4.79 Å². The van der Waals surface area contributed by atoms with E-state index in [0.717, 1.165) is 17.8 Å². The fourth-order valence-corrected chi connectivity index (χ4v) is 2.91. The van der Waals surface area contributed by atoms with Gasteiger partial charge in [0.25, 0.3) is 5.91 Å². The molecule has 1 aromatic heterocycles. The second kappa shape index (κ2) is 7.13. The van der Waals surface area contributed by atoms with Gasteiger partial charge in [0, 0.05) is 30.4 Å². The number of carbonyl (C=O) groups excluding carboxylic acids is 1. The molecule has 1 unspecified atom stereocenters. The van der Waals surface area contributed by atoms with Crippen molar-refractivity contribution in [3.05, 3.63) is 52.3 Å². The van der Waals surface area contributed by atoms with Crippen LogP contribution in [0.3, 0.4) is 0 Å². The number of nitrogens with zero attached hydrogens (tertiary/aromatic N) is 2. The van der Waals surface area contributed by atoms with Crippen molar-refractivity contribution in [1.29, 1.82) is 0 Å². The molecule has 1 atom stereocenters. The summed E-state index contributed by atoms with van der Waals surface area (Å²) in [6.45, 7) is 3.99. The van der Waals surface area contributed by atoms with Crippen LogP contribution in [0.4, 0.5) is 0 Å². The SMILES string of the molecule is Cc1cc(C(=O)N2CCNCC2c2ccccc2Cl)n[nH]1.Cl. The van der Waals surface area contributed by atoms with E-state index in [1.807, 2.05) is 36.1 Å². The van der Waals surface area contributed by atoms with Crippen molar-refractivity contribution in [3.8, 4) is 0 Å². The van der Waals surface area contributed by atoms with E-state index in [0.29, 0.717) is 23.8 Å². The van der Waals surface area contributed by atoms with E-state index in [2.05, 4.69) is 15.5 Å². The lowest BCUT2D eigenvalue weighted by atomic mass is 10.0. The van der Waals surface area contributed by atoms with Gasteiger partial charge >= 0.3 is 0 Å². The molecule has 0 radical (unpaired) electrons. The second-order valence-electron chi connectivity index (χ2n) is 5.18. The molecule has 0 saturated carbocycles. The number of aromatic amines is 1. The maximum absolute atomic E-state index is 12.7. The topological polar surface area (TPSA) is 61.0 Å². The molecule has 5 nitrogen and oxygen atoms in total. The van der Waals surface area contributed by atoms with Gasteiger partial charge in [-0.15, -0.1) is 12.4 Å². The fraction of sp³-hybridized carbons (Fsp3) is 0.333. The van der Waals surface area contributed by atoms with Crippen LogP contribution in [0.15, 0.2) is 30.3 Å². The number of benzene rings is 1. The molecule has 1 aromatic carbocycles. The zero-order valence-corrected chi connectivity index (χ0v) is 13.7. The van der Waals surface area contributed by atoms with Gasteiger partial charge in [-0.3, -0.25) is 9.89 Å². The number of piperazine rings is 1. The van der Waals surface area contributed by atoms with E-state index >= 15 is 0 Å².